The van der Waals surface area contributed by atoms with Gasteiger partial charge in [0, 0.05) is 0 Å². The molecule has 5 heavy (non-hydrogen) atoms. The van der Waals surface area contributed by atoms with E-state index in [4.69, 9.17) is 5.11 Å². The molecule has 0 aromatic carbocycles. The fourth-order valence-electron chi connectivity index (χ4n) is 0.112. The first-order chi connectivity index (χ1) is 2.41. The van der Waals surface area contributed by atoms with Crippen molar-refractivity contribution in [2.75, 3.05) is 6.35 Å². The first-order valence-electron chi connectivity index (χ1n) is 1.73. The Morgan fingerprint density at radius 2 is 2.60 bits per heavy atom. The van der Waals surface area contributed by atoms with Crippen molar-refractivity contribution in [3.8, 4) is 0 Å². The third-order valence-corrected chi connectivity index (χ3v) is 1.09. The van der Waals surface area contributed by atoms with Gasteiger partial charge in [-0.2, -0.15) is 0 Å². The number of aliphatic hydroxyl groups is 1. The summed E-state index contributed by atoms with van der Waals surface area (Å²) in [6.07, 6.45) is 0.372. The van der Waals surface area contributed by atoms with Gasteiger partial charge < -0.3 is 5.11 Å². The highest BCUT2D eigenvalue weighted by molar-refractivity contribution is 7.70. The van der Waals surface area contributed by atoms with Gasteiger partial charge in [-0.3, -0.25) is 0 Å². The first kappa shape index (κ1) is 5.45. The van der Waals surface area contributed by atoms with Crippen LogP contribution in [0.4, 0.5) is 0 Å². The quantitative estimate of drug-likeness (QED) is 0.374. The van der Waals surface area contributed by atoms with Gasteiger partial charge >= 0.3 is 0 Å². The third-order valence-electron chi connectivity index (χ3n) is 0.362. The van der Waals surface area contributed by atoms with E-state index in [0.717, 1.165) is 15.5 Å². The van der Waals surface area contributed by atoms with Crippen LogP contribution in [0.15, 0.2) is 0 Å². The van der Waals surface area contributed by atoms with E-state index in [1.54, 1.807) is 0 Å². The van der Waals surface area contributed by atoms with Crippen molar-refractivity contribution in [2.45, 2.75) is 6.82 Å². The Labute approximate surface area is 34.8 Å². The molecule has 1 N–H and O–H groups in total. The lowest BCUT2D eigenvalue weighted by Gasteiger charge is -1.78. The Bertz CT molecular complexity index is 17.1. The molecule has 0 saturated carbocycles. The molecule has 0 spiro atoms. The van der Waals surface area contributed by atoms with Gasteiger partial charge in [0.25, 0.3) is 0 Å². The highest BCUT2D eigenvalue weighted by Gasteiger charge is 1.71. The van der Waals surface area contributed by atoms with Crippen LogP contribution in [0.3, 0.4) is 0 Å². The minimum atomic E-state index is 0.372. The molecular formula is C2H8BOP. The third kappa shape index (κ3) is 4.45. The van der Waals surface area contributed by atoms with Crippen LogP contribution >= 0.6 is 8.46 Å². The summed E-state index contributed by atoms with van der Waals surface area (Å²) >= 11 is 0. The van der Waals surface area contributed by atoms with Crippen LogP contribution in [-0.2, 0) is 0 Å². The van der Waals surface area contributed by atoms with Crippen LogP contribution in [0, 0.1) is 0 Å². The Morgan fingerprint density at radius 1 is 2.00 bits per heavy atom. The van der Waals surface area contributed by atoms with Gasteiger partial charge in [0.1, 0.15) is 7.00 Å². The average Bonchev–Trinajstić information content (AvgIpc) is 1.41. The molecular weight excluding hydrogens is 81.8 g/mol. The zero-order valence-corrected chi connectivity index (χ0v) is 4.36. The van der Waals surface area contributed by atoms with Crippen molar-refractivity contribution < 1.29 is 5.11 Å². The lowest BCUT2D eigenvalue weighted by Crippen LogP contribution is -1.69. The Hall–Kier alpha value is 0.455. The molecule has 1 atom stereocenters. The summed E-state index contributed by atoms with van der Waals surface area (Å²) in [5.41, 5.74) is 0. The maximum absolute atomic E-state index is 8.08. The molecule has 0 saturated heterocycles. The second-order valence-corrected chi connectivity index (χ2v) is 2.29. The Kier molecular flexibility index (Phi) is 4.86. The Morgan fingerprint density at radius 3 is 2.60 bits per heavy atom. The van der Waals surface area contributed by atoms with Gasteiger partial charge in [-0.05, 0) is 0 Å². The van der Waals surface area contributed by atoms with Crippen LogP contribution in [-0.4, -0.2) is 18.5 Å². The second-order valence-electron chi connectivity index (χ2n) is 0.762. The molecule has 0 heterocycles. The summed E-state index contributed by atoms with van der Waals surface area (Å²) < 4.78 is 0. The smallest absolute Gasteiger partial charge is 0.148 e. The zero-order chi connectivity index (χ0) is 4.12. The first-order valence-corrected chi connectivity index (χ1v) is 3.14. The van der Waals surface area contributed by atoms with Crippen LogP contribution < -0.4 is 0 Å². The van der Waals surface area contributed by atoms with Crippen molar-refractivity contribution in [2.24, 2.45) is 0 Å². The molecule has 0 aliphatic heterocycles. The van der Waals surface area contributed by atoms with E-state index in [-0.39, 0.29) is 0 Å². The van der Waals surface area contributed by atoms with Gasteiger partial charge in [-0.1, -0.05) is 6.82 Å². The molecule has 3 heteroatoms. The van der Waals surface area contributed by atoms with Gasteiger partial charge in [-0.15, -0.1) is 8.46 Å². The maximum atomic E-state index is 8.08. The summed E-state index contributed by atoms with van der Waals surface area (Å²) in [4.78, 5) is 0. The van der Waals surface area contributed by atoms with Crippen LogP contribution in [0.5, 0.6) is 0 Å². The van der Waals surface area contributed by atoms with Crippen molar-refractivity contribution in [3.63, 3.8) is 0 Å². The SMILES string of the molecule is CBPCO. The van der Waals surface area contributed by atoms with E-state index >= 15 is 0 Å². The maximum Gasteiger partial charge on any atom is 0.148 e. The van der Waals surface area contributed by atoms with Gasteiger partial charge in [0.05, 0.1) is 6.35 Å². The molecule has 0 amide bonds. The molecule has 0 rings (SSSR count). The van der Waals surface area contributed by atoms with Crippen LogP contribution in [0.1, 0.15) is 0 Å². The molecule has 0 fully saturated rings. The minimum absolute atomic E-state index is 0.372. The minimum Gasteiger partial charge on any atom is -0.393 e. The van der Waals surface area contributed by atoms with Gasteiger partial charge in [0.15, 0.2) is 0 Å². The van der Waals surface area contributed by atoms with Gasteiger partial charge in [-0.25, -0.2) is 0 Å². The molecule has 0 radical (unpaired) electrons. The number of hydrogen-bond donors (Lipinski definition) is 1. The van der Waals surface area contributed by atoms with Crippen LogP contribution in [0.25, 0.3) is 0 Å². The summed E-state index contributed by atoms with van der Waals surface area (Å²) in [6, 6.07) is 0. The largest absolute Gasteiger partial charge is 0.393 e. The topological polar surface area (TPSA) is 20.2 Å². The zero-order valence-electron chi connectivity index (χ0n) is 3.36. The second kappa shape index (κ2) is 4.45. The van der Waals surface area contributed by atoms with E-state index < -0.39 is 0 Å². The monoisotopic (exact) mass is 90.0 g/mol. The molecule has 0 bridgehead atoms. The van der Waals surface area contributed by atoms with E-state index in [2.05, 4.69) is 6.82 Å². The molecule has 1 nitrogen and oxygen atoms in total. The van der Waals surface area contributed by atoms with Crippen molar-refractivity contribution >= 4 is 15.5 Å². The highest BCUT2D eigenvalue weighted by atomic mass is 31.1. The highest BCUT2D eigenvalue weighted by Crippen LogP contribution is 1.99. The average molecular weight is 89.9 g/mol. The summed E-state index contributed by atoms with van der Waals surface area (Å²) in [5.74, 6) is 0. The standard InChI is InChI=1S/C2H8BOP/c1-3-5-2-4/h3-5H,2H2,1H3. The number of hydrogen-bond acceptors (Lipinski definition) is 1. The van der Waals surface area contributed by atoms with E-state index in [0.29, 0.717) is 6.35 Å². The predicted octanol–water partition coefficient (Wildman–Crippen LogP) is 0.0143. The molecule has 0 aliphatic carbocycles. The molecule has 0 aliphatic rings. The number of aliphatic hydroxyl groups excluding tert-OH is 1. The fourth-order valence-corrected chi connectivity index (χ4v) is 0.335. The fraction of sp³-hybridized carbons (Fsp3) is 1.00. The number of rotatable bonds is 2. The van der Waals surface area contributed by atoms with Crippen molar-refractivity contribution in [1.82, 2.24) is 0 Å². The van der Waals surface area contributed by atoms with E-state index in [9.17, 15) is 0 Å². The van der Waals surface area contributed by atoms with E-state index in [1.807, 2.05) is 0 Å². The summed E-state index contributed by atoms with van der Waals surface area (Å²) in [5, 5.41) is 8.08. The van der Waals surface area contributed by atoms with Crippen molar-refractivity contribution in [3.05, 3.63) is 0 Å². The Balaban J connectivity index is 2.19. The molecule has 1 unspecified atom stereocenters. The van der Waals surface area contributed by atoms with E-state index in [1.165, 1.54) is 0 Å². The van der Waals surface area contributed by atoms with Crippen molar-refractivity contribution in [1.29, 1.82) is 0 Å². The lowest BCUT2D eigenvalue weighted by atomic mass is 10.2. The van der Waals surface area contributed by atoms with Gasteiger partial charge in [0.2, 0.25) is 0 Å². The predicted molar refractivity (Wildman–Crippen MR) is 28.4 cm³/mol. The summed E-state index contributed by atoms with van der Waals surface area (Å²) in [7, 11) is 0.753. The summed E-state index contributed by atoms with van der Waals surface area (Å²) in [6.45, 7) is 3.19. The normalized spacial score (nSPS) is 10.0. The van der Waals surface area contributed by atoms with Crippen LogP contribution in [0.2, 0.25) is 6.82 Å². The molecule has 0 aromatic rings. The molecule has 0 aromatic heterocycles. The molecule has 30 valence electrons. The lowest BCUT2D eigenvalue weighted by molar-refractivity contribution is 0.374.